The number of carbonyl (C=O) groups is 1. The molecule has 0 saturated carbocycles. The molecule has 0 aliphatic heterocycles. The normalized spacial score (nSPS) is 10.2. The molecular weight excluding hydrogens is 354 g/mol. The van der Waals surface area contributed by atoms with Crippen LogP contribution in [0, 0.1) is 0 Å². The van der Waals surface area contributed by atoms with E-state index in [9.17, 15) is 4.79 Å². The lowest BCUT2D eigenvalue weighted by molar-refractivity contribution is 0.0949. The van der Waals surface area contributed by atoms with Gasteiger partial charge in [-0.15, -0.1) is 0 Å². The number of benzene rings is 2. The Morgan fingerprint density at radius 2 is 1.68 bits per heavy atom. The summed E-state index contributed by atoms with van der Waals surface area (Å²) in [7, 11) is 3.27. The number of ether oxygens (including phenoxy) is 2. The van der Waals surface area contributed by atoms with Gasteiger partial charge in [-0.3, -0.25) is 4.79 Å². The Morgan fingerprint density at radius 3 is 2.36 bits per heavy atom. The van der Waals surface area contributed by atoms with Gasteiger partial charge < -0.3 is 20.1 Å². The third-order valence-corrected chi connectivity index (χ3v) is 4.21. The molecule has 6 heteroatoms. The summed E-state index contributed by atoms with van der Waals surface area (Å²) in [5.41, 5.74) is 3.20. The first-order valence-electron chi connectivity index (χ1n) is 8.96. The second-order valence-electron chi connectivity index (χ2n) is 6.14. The number of nitrogens with zero attached hydrogens (tertiary/aromatic N) is 1. The first-order chi connectivity index (χ1) is 13.7. The number of hydrogen-bond donors (Lipinski definition) is 2. The third kappa shape index (κ3) is 5.23. The Morgan fingerprint density at radius 1 is 0.929 bits per heavy atom. The zero-order chi connectivity index (χ0) is 19.8. The summed E-state index contributed by atoms with van der Waals surface area (Å²) < 4.78 is 10.3. The minimum atomic E-state index is -0.195. The van der Waals surface area contributed by atoms with Crippen LogP contribution in [0.15, 0.2) is 66.9 Å². The van der Waals surface area contributed by atoms with Gasteiger partial charge >= 0.3 is 0 Å². The van der Waals surface area contributed by atoms with Crippen LogP contribution in [0.25, 0.3) is 0 Å². The minimum Gasteiger partial charge on any atom is -0.497 e. The highest BCUT2D eigenvalue weighted by atomic mass is 16.5. The Hall–Kier alpha value is -3.54. The van der Waals surface area contributed by atoms with Crippen LogP contribution in [0.2, 0.25) is 0 Å². The number of amides is 1. The Labute approximate surface area is 164 Å². The van der Waals surface area contributed by atoms with Crippen LogP contribution in [-0.4, -0.2) is 31.7 Å². The Kier molecular flexibility index (Phi) is 6.46. The number of hydrogen-bond acceptors (Lipinski definition) is 5. The van der Waals surface area contributed by atoms with Crippen molar-refractivity contribution in [1.29, 1.82) is 0 Å². The molecule has 0 atom stereocenters. The molecule has 0 bridgehead atoms. The SMILES string of the molecule is COc1ccc(Nc2ccc(C(=O)NCCc3cccc(OC)c3)nc2)cc1. The quantitative estimate of drug-likeness (QED) is 0.624. The van der Waals surface area contributed by atoms with E-state index in [-0.39, 0.29) is 5.91 Å². The maximum absolute atomic E-state index is 12.3. The minimum absolute atomic E-state index is 0.195. The highest BCUT2D eigenvalue weighted by Gasteiger charge is 2.07. The average molecular weight is 377 g/mol. The molecule has 0 aliphatic rings. The summed E-state index contributed by atoms with van der Waals surface area (Å²) in [5, 5.41) is 6.13. The molecule has 2 aromatic carbocycles. The number of carbonyl (C=O) groups excluding carboxylic acids is 1. The summed E-state index contributed by atoms with van der Waals surface area (Å²) >= 11 is 0. The van der Waals surface area contributed by atoms with E-state index in [1.54, 1.807) is 26.5 Å². The summed E-state index contributed by atoms with van der Waals surface area (Å²) in [6, 6.07) is 18.9. The van der Waals surface area contributed by atoms with E-state index < -0.39 is 0 Å². The van der Waals surface area contributed by atoms with Crippen molar-refractivity contribution in [3.05, 3.63) is 78.1 Å². The van der Waals surface area contributed by atoms with Crippen molar-refractivity contribution in [3.8, 4) is 11.5 Å². The van der Waals surface area contributed by atoms with Crippen LogP contribution in [-0.2, 0) is 6.42 Å². The molecule has 1 amide bonds. The third-order valence-electron chi connectivity index (χ3n) is 4.21. The standard InChI is InChI=1S/C22H23N3O3/c1-27-19-9-6-17(7-10-19)25-18-8-11-21(24-15-18)22(26)23-13-12-16-4-3-5-20(14-16)28-2/h3-11,14-15,25H,12-13H2,1-2H3,(H,23,26). The van der Waals surface area contributed by atoms with Crippen LogP contribution in [0.1, 0.15) is 16.1 Å². The summed E-state index contributed by atoms with van der Waals surface area (Å²) in [5.74, 6) is 1.41. The van der Waals surface area contributed by atoms with E-state index in [2.05, 4.69) is 15.6 Å². The summed E-state index contributed by atoms with van der Waals surface area (Å²) in [4.78, 5) is 16.5. The largest absolute Gasteiger partial charge is 0.497 e. The van der Waals surface area contributed by atoms with Gasteiger partial charge in [-0.05, 0) is 60.5 Å². The van der Waals surface area contributed by atoms with Gasteiger partial charge in [-0.1, -0.05) is 12.1 Å². The van der Waals surface area contributed by atoms with Gasteiger partial charge in [0.05, 0.1) is 26.1 Å². The van der Waals surface area contributed by atoms with E-state index in [0.29, 0.717) is 12.2 Å². The maximum Gasteiger partial charge on any atom is 0.269 e. The van der Waals surface area contributed by atoms with Crippen LogP contribution >= 0.6 is 0 Å². The van der Waals surface area contributed by atoms with Crippen molar-refractivity contribution >= 4 is 17.3 Å². The Bertz CT molecular complexity index is 909. The smallest absolute Gasteiger partial charge is 0.269 e. The van der Waals surface area contributed by atoms with Crippen molar-refractivity contribution in [1.82, 2.24) is 10.3 Å². The Balaban J connectivity index is 1.51. The molecule has 0 fully saturated rings. The van der Waals surface area contributed by atoms with Gasteiger partial charge in [0, 0.05) is 12.2 Å². The highest BCUT2D eigenvalue weighted by Crippen LogP contribution is 2.19. The molecule has 6 nitrogen and oxygen atoms in total. The number of rotatable bonds is 8. The fourth-order valence-corrected chi connectivity index (χ4v) is 2.68. The number of anilines is 2. The molecule has 3 rings (SSSR count). The van der Waals surface area contributed by atoms with Crippen LogP contribution in [0.3, 0.4) is 0 Å². The zero-order valence-corrected chi connectivity index (χ0v) is 15.9. The molecule has 2 N–H and O–H groups in total. The van der Waals surface area contributed by atoms with E-state index >= 15 is 0 Å². The second kappa shape index (κ2) is 9.41. The zero-order valence-electron chi connectivity index (χ0n) is 15.9. The molecule has 1 aromatic heterocycles. The molecular formula is C22H23N3O3. The molecule has 0 aliphatic carbocycles. The van der Waals surface area contributed by atoms with Gasteiger partial charge in [0.15, 0.2) is 0 Å². The lowest BCUT2D eigenvalue weighted by atomic mass is 10.1. The lowest BCUT2D eigenvalue weighted by Gasteiger charge is -2.09. The first-order valence-corrected chi connectivity index (χ1v) is 8.96. The van der Waals surface area contributed by atoms with E-state index in [4.69, 9.17) is 9.47 Å². The topological polar surface area (TPSA) is 72.5 Å². The van der Waals surface area contributed by atoms with Gasteiger partial charge in [0.1, 0.15) is 17.2 Å². The number of methoxy groups -OCH3 is 2. The van der Waals surface area contributed by atoms with Gasteiger partial charge in [-0.2, -0.15) is 0 Å². The fourth-order valence-electron chi connectivity index (χ4n) is 2.68. The van der Waals surface area contributed by atoms with Gasteiger partial charge in [0.25, 0.3) is 5.91 Å². The summed E-state index contributed by atoms with van der Waals surface area (Å²) in [6.45, 7) is 0.527. The molecule has 3 aromatic rings. The van der Waals surface area contributed by atoms with E-state index in [0.717, 1.165) is 34.9 Å². The number of nitrogens with one attached hydrogen (secondary N) is 2. The van der Waals surface area contributed by atoms with E-state index in [1.165, 1.54) is 0 Å². The maximum atomic E-state index is 12.3. The van der Waals surface area contributed by atoms with Crippen LogP contribution in [0.5, 0.6) is 11.5 Å². The van der Waals surface area contributed by atoms with Gasteiger partial charge in [-0.25, -0.2) is 4.98 Å². The molecule has 144 valence electrons. The number of aromatic nitrogens is 1. The molecule has 0 unspecified atom stereocenters. The monoisotopic (exact) mass is 377 g/mol. The van der Waals surface area contributed by atoms with Crippen molar-refractivity contribution in [2.75, 3.05) is 26.1 Å². The fraction of sp³-hybridized carbons (Fsp3) is 0.182. The van der Waals surface area contributed by atoms with Crippen molar-refractivity contribution < 1.29 is 14.3 Å². The number of pyridine rings is 1. The second-order valence-corrected chi connectivity index (χ2v) is 6.14. The predicted molar refractivity (Wildman–Crippen MR) is 110 cm³/mol. The predicted octanol–water partition coefficient (Wildman–Crippen LogP) is 3.81. The molecule has 0 saturated heterocycles. The van der Waals surface area contributed by atoms with Crippen molar-refractivity contribution in [2.24, 2.45) is 0 Å². The van der Waals surface area contributed by atoms with Gasteiger partial charge in [0.2, 0.25) is 0 Å². The first kappa shape index (κ1) is 19.2. The van der Waals surface area contributed by atoms with Crippen LogP contribution < -0.4 is 20.1 Å². The van der Waals surface area contributed by atoms with Crippen LogP contribution in [0.4, 0.5) is 11.4 Å². The van der Waals surface area contributed by atoms with Crippen molar-refractivity contribution in [3.63, 3.8) is 0 Å². The average Bonchev–Trinajstić information content (AvgIpc) is 2.75. The van der Waals surface area contributed by atoms with E-state index in [1.807, 2.05) is 54.6 Å². The molecule has 0 radical (unpaired) electrons. The molecule has 0 spiro atoms. The molecule has 28 heavy (non-hydrogen) atoms. The highest BCUT2D eigenvalue weighted by molar-refractivity contribution is 5.92. The molecule has 1 heterocycles. The summed E-state index contributed by atoms with van der Waals surface area (Å²) in [6.07, 6.45) is 2.36. The lowest BCUT2D eigenvalue weighted by Crippen LogP contribution is -2.26. The van der Waals surface area contributed by atoms with Crippen molar-refractivity contribution in [2.45, 2.75) is 6.42 Å².